The number of hydrogen-bond donors (Lipinski definition) is 0. The molecule has 14 heavy (non-hydrogen) atoms. The molecule has 0 saturated heterocycles. The van der Waals surface area contributed by atoms with Crippen LogP contribution >= 0.6 is 15.9 Å². The van der Waals surface area contributed by atoms with E-state index in [2.05, 4.69) is 15.9 Å². The third-order valence-electron chi connectivity index (χ3n) is 1.77. The first-order chi connectivity index (χ1) is 6.65. The molecule has 0 heterocycles. The van der Waals surface area contributed by atoms with Gasteiger partial charge in [-0.05, 0) is 18.6 Å². The van der Waals surface area contributed by atoms with E-state index < -0.39 is 11.6 Å². The molecule has 0 aliphatic heterocycles. The van der Waals surface area contributed by atoms with Crippen molar-refractivity contribution in [2.75, 3.05) is 5.33 Å². The molecular formula is C10H9BrF2O. The lowest BCUT2D eigenvalue weighted by molar-refractivity contribution is 0.0978. The lowest BCUT2D eigenvalue weighted by Gasteiger charge is -2.01. The van der Waals surface area contributed by atoms with E-state index in [0.29, 0.717) is 11.8 Å². The topological polar surface area (TPSA) is 17.1 Å². The molecule has 1 rings (SSSR count). The Morgan fingerprint density at radius 2 is 2.07 bits per heavy atom. The molecule has 0 aliphatic rings. The highest BCUT2D eigenvalue weighted by Crippen LogP contribution is 2.12. The summed E-state index contributed by atoms with van der Waals surface area (Å²) in [5.74, 6) is -1.74. The maximum absolute atomic E-state index is 13.1. The van der Waals surface area contributed by atoms with E-state index in [1.807, 2.05) is 0 Å². The van der Waals surface area contributed by atoms with Crippen LogP contribution in [0.4, 0.5) is 8.78 Å². The molecule has 0 aromatic heterocycles. The predicted molar refractivity (Wildman–Crippen MR) is 53.7 cm³/mol. The summed E-state index contributed by atoms with van der Waals surface area (Å²) < 4.78 is 25.6. The maximum Gasteiger partial charge on any atom is 0.165 e. The minimum Gasteiger partial charge on any atom is -0.294 e. The van der Waals surface area contributed by atoms with Crippen molar-refractivity contribution in [2.24, 2.45) is 0 Å². The second kappa shape index (κ2) is 5.20. The van der Waals surface area contributed by atoms with Crippen LogP contribution in [-0.4, -0.2) is 11.1 Å². The van der Waals surface area contributed by atoms with Crippen molar-refractivity contribution in [1.82, 2.24) is 0 Å². The Balaban J connectivity index is 2.80. The third-order valence-corrected chi connectivity index (χ3v) is 2.33. The van der Waals surface area contributed by atoms with Crippen LogP contribution in [0.15, 0.2) is 18.2 Å². The summed E-state index contributed by atoms with van der Waals surface area (Å²) in [7, 11) is 0. The van der Waals surface area contributed by atoms with Crippen LogP contribution in [0.3, 0.4) is 0 Å². The molecule has 0 fully saturated rings. The van der Waals surface area contributed by atoms with Crippen molar-refractivity contribution in [2.45, 2.75) is 12.8 Å². The monoisotopic (exact) mass is 262 g/mol. The lowest BCUT2D eigenvalue weighted by atomic mass is 10.1. The Bertz CT molecular complexity index is 339. The summed E-state index contributed by atoms with van der Waals surface area (Å²) in [6.07, 6.45) is 0.920. The number of ketones is 1. The average Bonchev–Trinajstić information content (AvgIpc) is 2.14. The molecule has 0 saturated carbocycles. The van der Waals surface area contributed by atoms with E-state index in [-0.39, 0.29) is 17.8 Å². The van der Waals surface area contributed by atoms with Crippen molar-refractivity contribution < 1.29 is 13.6 Å². The van der Waals surface area contributed by atoms with Crippen LogP contribution in [0.2, 0.25) is 0 Å². The normalized spacial score (nSPS) is 10.2. The Labute approximate surface area is 89.3 Å². The highest BCUT2D eigenvalue weighted by molar-refractivity contribution is 9.09. The van der Waals surface area contributed by atoms with E-state index in [0.717, 1.165) is 12.1 Å². The number of hydrogen-bond acceptors (Lipinski definition) is 1. The van der Waals surface area contributed by atoms with Crippen LogP contribution in [0.1, 0.15) is 23.2 Å². The highest BCUT2D eigenvalue weighted by atomic mass is 79.9. The lowest BCUT2D eigenvalue weighted by Crippen LogP contribution is -2.02. The van der Waals surface area contributed by atoms with Gasteiger partial charge in [-0.15, -0.1) is 0 Å². The maximum atomic E-state index is 13.1. The number of benzene rings is 1. The number of Topliss-reactive ketones (excluding diaryl/α,β-unsaturated/α-hetero) is 1. The molecular weight excluding hydrogens is 254 g/mol. The van der Waals surface area contributed by atoms with Crippen molar-refractivity contribution >= 4 is 21.7 Å². The molecule has 1 aromatic rings. The standard InChI is InChI=1S/C10H9BrF2O/c11-5-1-2-10(14)8-4-3-7(12)6-9(8)13/h3-4,6H,1-2,5H2. The van der Waals surface area contributed by atoms with Crippen LogP contribution < -0.4 is 0 Å². The van der Waals surface area contributed by atoms with Crippen LogP contribution in [0.5, 0.6) is 0 Å². The SMILES string of the molecule is O=C(CCCBr)c1ccc(F)cc1F. The molecule has 0 amide bonds. The minimum absolute atomic E-state index is 0.0349. The molecule has 0 N–H and O–H groups in total. The molecule has 0 aliphatic carbocycles. The fourth-order valence-electron chi connectivity index (χ4n) is 1.08. The number of carbonyl (C=O) groups excluding carboxylic acids is 1. The Morgan fingerprint density at radius 3 is 2.64 bits per heavy atom. The van der Waals surface area contributed by atoms with Crippen molar-refractivity contribution in [3.05, 3.63) is 35.4 Å². The van der Waals surface area contributed by atoms with E-state index in [1.54, 1.807) is 0 Å². The zero-order valence-electron chi connectivity index (χ0n) is 7.40. The summed E-state index contributed by atoms with van der Waals surface area (Å²) in [5, 5.41) is 0.696. The number of halogens is 3. The van der Waals surface area contributed by atoms with E-state index in [9.17, 15) is 13.6 Å². The van der Waals surface area contributed by atoms with E-state index in [1.165, 1.54) is 6.07 Å². The Kier molecular flexibility index (Phi) is 4.20. The fourth-order valence-corrected chi connectivity index (χ4v) is 1.36. The largest absolute Gasteiger partial charge is 0.294 e. The molecule has 4 heteroatoms. The fraction of sp³-hybridized carbons (Fsp3) is 0.300. The van der Waals surface area contributed by atoms with Gasteiger partial charge in [0, 0.05) is 17.8 Å². The molecule has 0 unspecified atom stereocenters. The van der Waals surface area contributed by atoms with Crippen molar-refractivity contribution in [1.29, 1.82) is 0 Å². The molecule has 0 radical (unpaired) electrons. The van der Waals surface area contributed by atoms with Gasteiger partial charge >= 0.3 is 0 Å². The summed E-state index contributed by atoms with van der Waals surface area (Å²) in [5.41, 5.74) is -0.0349. The number of rotatable bonds is 4. The summed E-state index contributed by atoms with van der Waals surface area (Å²) in [6.45, 7) is 0. The van der Waals surface area contributed by atoms with E-state index in [4.69, 9.17) is 0 Å². The van der Waals surface area contributed by atoms with Crippen LogP contribution in [0, 0.1) is 11.6 Å². The van der Waals surface area contributed by atoms with Gasteiger partial charge in [0.2, 0.25) is 0 Å². The highest BCUT2D eigenvalue weighted by Gasteiger charge is 2.11. The smallest absolute Gasteiger partial charge is 0.165 e. The van der Waals surface area contributed by atoms with Gasteiger partial charge in [-0.2, -0.15) is 0 Å². The van der Waals surface area contributed by atoms with Gasteiger partial charge in [0.25, 0.3) is 0 Å². The van der Waals surface area contributed by atoms with Gasteiger partial charge in [-0.25, -0.2) is 8.78 Å². The van der Waals surface area contributed by atoms with Crippen LogP contribution in [0.25, 0.3) is 0 Å². The minimum atomic E-state index is -0.787. The van der Waals surface area contributed by atoms with Gasteiger partial charge in [-0.1, -0.05) is 15.9 Å². The second-order valence-electron chi connectivity index (χ2n) is 2.84. The Hall–Kier alpha value is -0.770. The molecule has 0 spiro atoms. The van der Waals surface area contributed by atoms with Crippen molar-refractivity contribution in [3.8, 4) is 0 Å². The molecule has 0 bridgehead atoms. The second-order valence-corrected chi connectivity index (χ2v) is 3.63. The zero-order chi connectivity index (χ0) is 10.6. The number of carbonyl (C=O) groups is 1. The summed E-state index contributed by atoms with van der Waals surface area (Å²) >= 11 is 3.17. The quantitative estimate of drug-likeness (QED) is 0.601. The first kappa shape index (κ1) is 11.3. The van der Waals surface area contributed by atoms with Gasteiger partial charge in [-0.3, -0.25) is 4.79 Å². The van der Waals surface area contributed by atoms with E-state index >= 15 is 0 Å². The third kappa shape index (κ3) is 2.87. The average molecular weight is 263 g/mol. The van der Waals surface area contributed by atoms with Crippen LogP contribution in [-0.2, 0) is 0 Å². The van der Waals surface area contributed by atoms with Crippen molar-refractivity contribution in [3.63, 3.8) is 0 Å². The first-order valence-corrected chi connectivity index (χ1v) is 5.31. The zero-order valence-corrected chi connectivity index (χ0v) is 8.98. The van der Waals surface area contributed by atoms with Gasteiger partial charge in [0.1, 0.15) is 11.6 Å². The summed E-state index contributed by atoms with van der Waals surface area (Å²) in [4.78, 5) is 11.4. The van der Waals surface area contributed by atoms with Gasteiger partial charge in [0.05, 0.1) is 5.56 Å². The molecule has 0 atom stereocenters. The first-order valence-electron chi connectivity index (χ1n) is 4.19. The number of alkyl halides is 1. The molecule has 1 aromatic carbocycles. The van der Waals surface area contributed by atoms with Gasteiger partial charge in [0.15, 0.2) is 5.78 Å². The molecule has 1 nitrogen and oxygen atoms in total. The molecule has 76 valence electrons. The predicted octanol–water partition coefficient (Wildman–Crippen LogP) is 3.32. The van der Waals surface area contributed by atoms with Gasteiger partial charge < -0.3 is 0 Å². The Morgan fingerprint density at radius 1 is 1.36 bits per heavy atom. The summed E-state index contributed by atoms with van der Waals surface area (Å²) in [6, 6.07) is 2.99.